The van der Waals surface area contributed by atoms with Gasteiger partial charge in [0.2, 0.25) is 0 Å². The minimum Gasteiger partial charge on any atom is -0.464 e. The summed E-state index contributed by atoms with van der Waals surface area (Å²) >= 11 is 0. The Morgan fingerprint density at radius 1 is 1.36 bits per heavy atom. The fourth-order valence-electron chi connectivity index (χ4n) is 1.03. The van der Waals surface area contributed by atoms with E-state index in [-0.39, 0.29) is 0 Å². The standard InChI is InChI=1S/C8H13N3/c1-10-7-5-3-4-6-8(7)11(2)9/h3-6,9-11H,1-2H3. The number of hydrogen-bond acceptors (Lipinski definition) is 1. The van der Waals surface area contributed by atoms with Gasteiger partial charge in [-0.15, -0.1) is 0 Å². The molecule has 1 rings (SSSR count). The average Bonchev–Trinajstić information content (AvgIpc) is 2.04. The summed E-state index contributed by atoms with van der Waals surface area (Å²) in [6.07, 6.45) is 0. The number of nitrogens with one attached hydrogen (secondary N) is 3. The monoisotopic (exact) mass is 151 g/mol. The van der Waals surface area contributed by atoms with Crippen LogP contribution in [0.15, 0.2) is 24.3 Å². The minimum absolute atomic E-state index is 0.593. The van der Waals surface area contributed by atoms with E-state index in [0.29, 0.717) is 5.01 Å². The zero-order valence-corrected chi connectivity index (χ0v) is 6.81. The molecule has 0 radical (unpaired) electrons. The maximum Gasteiger partial charge on any atom is 0.144 e. The fraction of sp³-hybridized carbons (Fsp3) is 0.250. The van der Waals surface area contributed by atoms with E-state index in [1.807, 2.05) is 31.3 Å². The van der Waals surface area contributed by atoms with Crippen LogP contribution >= 0.6 is 0 Å². The molecule has 3 nitrogen and oxygen atoms in total. The smallest absolute Gasteiger partial charge is 0.144 e. The summed E-state index contributed by atoms with van der Waals surface area (Å²) in [5, 5.41) is 3.63. The van der Waals surface area contributed by atoms with Crippen LogP contribution in [-0.4, -0.2) is 14.1 Å². The van der Waals surface area contributed by atoms with Crippen molar-refractivity contribution in [3.8, 4) is 0 Å². The summed E-state index contributed by atoms with van der Waals surface area (Å²) in [6, 6.07) is 7.80. The highest BCUT2D eigenvalue weighted by molar-refractivity contribution is 5.60. The molecule has 1 aromatic carbocycles. The van der Waals surface area contributed by atoms with Crippen molar-refractivity contribution in [1.82, 2.24) is 0 Å². The largest absolute Gasteiger partial charge is 0.464 e. The van der Waals surface area contributed by atoms with Crippen LogP contribution in [0.4, 0.5) is 11.4 Å². The molecule has 0 spiro atoms. The Labute approximate surface area is 66.8 Å². The molecule has 1 unspecified atom stereocenters. The number of para-hydroxylation sites is 2. The summed E-state index contributed by atoms with van der Waals surface area (Å²) in [5.41, 5.74) is 1.98. The first kappa shape index (κ1) is 8.04. The topological polar surface area (TPSA) is 40.3 Å². The number of benzene rings is 1. The first-order chi connectivity index (χ1) is 5.25. The molecular weight excluding hydrogens is 138 g/mol. The fourth-order valence-corrected chi connectivity index (χ4v) is 1.03. The van der Waals surface area contributed by atoms with E-state index in [4.69, 9.17) is 5.84 Å². The van der Waals surface area contributed by atoms with E-state index < -0.39 is 0 Å². The molecule has 0 aromatic heterocycles. The van der Waals surface area contributed by atoms with Crippen LogP contribution in [-0.2, 0) is 0 Å². The van der Waals surface area contributed by atoms with Gasteiger partial charge >= 0.3 is 0 Å². The maximum absolute atomic E-state index is 7.44. The summed E-state index contributed by atoms with van der Waals surface area (Å²) in [6.45, 7) is 0. The zero-order valence-electron chi connectivity index (χ0n) is 6.81. The molecule has 3 heteroatoms. The van der Waals surface area contributed by atoms with Crippen LogP contribution in [0.25, 0.3) is 5.84 Å². The van der Waals surface area contributed by atoms with Gasteiger partial charge in [-0.1, -0.05) is 12.1 Å². The zero-order chi connectivity index (χ0) is 8.27. The Morgan fingerprint density at radius 2 is 2.00 bits per heavy atom. The second-order valence-corrected chi connectivity index (χ2v) is 2.42. The van der Waals surface area contributed by atoms with Crippen LogP contribution in [0, 0.1) is 0 Å². The Balaban J connectivity index is 3.02. The van der Waals surface area contributed by atoms with Gasteiger partial charge in [-0.05, 0) is 6.07 Å². The maximum atomic E-state index is 7.44. The molecule has 11 heavy (non-hydrogen) atoms. The van der Waals surface area contributed by atoms with E-state index >= 15 is 0 Å². The van der Waals surface area contributed by atoms with Crippen molar-refractivity contribution < 1.29 is 5.01 Å². The Kier molecular flexibility index (Phi) is 2.46. The van der Waals surface area contributed by atoms with Crippen molar-refractivity contribution >= 4 is 11.4 Å². The number of rotatable bonds is 2. The summed E-state index contributed by atoms with van der Waals surface area (Å²) < 4.78 is 0. The predicted octanol–water partition coefficient (Wildman–Crippen LogP) is 0.842. The third kappa shape index (κ3) is 1.69. The van der Waals surface area contributed by atoms with Gasteiger partial charge in [0, 0.05) is 13.1 Å². The van der Waals surface area contributed by atoms with Crippen LogP contribution in [0.2, 0.25) is 0 Å². The van der Waals surface area contributed by atoms with Crippen LogP contribution in [0.1, 0.15) is 0 Å². The Bertz CT molecular complexity index is 233. The van der Waals surface area contributed by atoms with Gasteiger partial charge in [0.05, 0.1) is 12.7 Å². The molecule has 0 heterocycles. The summed E-state index contributed by atoms with van der Waals surface area (Å²) in [5.74, 6) is 7.44. The van der Waals surface area contributed by atoms with E-state index in [1.54, 1.807) is 7.05 Å². The molecule has 0 aliphatic rings. The minimum atomic E-state index is 0.593. The van der Waals surface area contributed by atoms with Crippen LogP contribution in [0.5, 0.6) is 0 Å². The van der Waals surface area contributed by atoms with Gasteiger partial charge in [-0.25, -0.2) is 0 Å². The SMILES string of the molecule is CNc1ccccc1[NH+](C)[NH-]. The first-order valence-corrected chi connectivity index (χ1v) is 3.58. The lowest BCUT2D eigenvalue weighted by Gasteiger charge is -2.17. The summed E-state index contributed by atoms with van der Waals surface area (Å²) in [7, 11) is 3.65. The van der Waals surface area contributed by atoms with Crippen molar-refractivity contribution in [3.05, 3.63) is 30.1 Å². The molecule has 0 fully saturated rings. The van der Waals surface area contributed by atoms with Crippen molar-refractivity contribution in [2.75, 3.05) is 19.4 Å². The molecule has 60 valence electrons. The molecule has 3 N–H and O–H groups in total. The summed E-state index contributed by atoms with van der Waals surface area (Å²) in [4.78, 5) is 0. The predicted molar refractivity (Wildman–Crippen MR) is 46.9 cm³/mol. The van der Waals surface area contributed by atoms with Gasteiger partial charge in [-0.2, -0.15) is 0 Å². The first-order valence-electron chi connectivity index (χ1n) is 3.58. The van der Waals surface area contributed by atoms with Crippen molar-refractivity contribution in [2.45, 2.75) is 0 Å². The quantitative estimate of drug-likeness (QED) is 0.604. The molecule has 0 amide bonds. The van der Waals surface area contributed by atoms with Crippen molar-refractivity contribution in [3.63, 3.8) is 0 Å². The van der Waals surface area contributed by atoms with Crippen LogP contribution in [0.3, 0.4) is 0 Å². The van der Waals surface area contributed by atoms with Gasteiger partial charge in [0.1, 0.15) is 5.69 Å². The van der Waals surface area contributed by atoms with E-state index in [1.165, 1.54) is 0 Å². The lowest BCUT2D eigenvalue weighted by molar-refractivity contribution is -0.751. The molecule has 1 atom stereocenters. The molecule has 0 bridgehead atoms. The van der Waals surface area contributed by atoms with Gasteiger partial charge in [0.15, 0.2) is 0 Å². The highest BCUT2D eigenvalue weighted by atomic mass is 15.4. The molecule has 1 aromatic rings. The third-order valence-electron chi connectivity index (χ3n) is 1.60. The second-order valence-electron chi connectivity index (χ2n) is 2.42. The molecular formula is C8H13N3. The van der Waals surface area contributed by atoms with Gasteiger partial charge in [-0.3, -0.25) is 0 Å². The van der Waals surface area contributed by atoms with Gasteiger partial charge in [0.25, 0.3) is 0 Å². The number of quaternary nitrogens is 1. The van der Waals surface area contributed by atoms with E-state index in [0.717, 1.165) is 11.4 Å². The number of anilines is 1. The Morgan fingerprint density at radius 3 is 2.45 bits per heavy atom. The molecule has 0 saturated carbocycles. The molecule has 0 aliphatic heterocycles. The Hall–Kier alpha value is -1.06. The third-order valence-corrected chi connectivity index (χ3v) is 1.60. The normalized spacial score (nSPS) is 12.6. The average molecular weight is 151 g/mol. The lowest BCUT2D eigenvalue weighted by Crippen LogP contribution is -2.96. The van der Waals surface area contributed by atoms with E-state index in [2.05, 4.69) is 5.32 Å². The molecule has 0 aliphatic carbocycles. The highest BCUT2D eigenvalue weighted by Crippen LogP contribution is 2.14. The van der Waals surface area contributed by atoms with E-state index in [9.17, 15) is 0 Å². The van der Waals surface area contributed by atoms with Crippen LogP contribution < -0.4 is 10.3 Å². The lowest BCUT2D eigenvalue weighted by atomic mass is 10.2. The second kappa shape index (κ2) is 3.37. The van der Waals surface area contributed by atoms with Crippen molar-refractivity contribution in [2.24, 2.45) is 0 Å². The highest BCUT2D eigenvalue weighted by Gasteiger charge is 2.01. The number of hydrogen-bond donors (Lipinski definition) is 2. The van der Waals surface area contributed by atoms with Gasteiger partial charge < -0.3 is 16.2 Å². The molecule has 0 saturated heterocycles. The van der Waals surface area contributed by atoms with Crippen molar-refractivity contribution in [1.29, 1.82) is 0 Å².